The third-order valence-electron chi connectivity index (χ3n) is 4.28. The minimum absolute atomic E-state index is 0.134. The summed E-state index contributed by atoms with van der Waals surface area (Å²) in [5, 5.41) is 17.5. The molecule has 2 N–H and O–H groups in total. The number of aromatic nitrogens is 3. The second-order valence-electron chi connectivity index (χ2n) is 6.63. The zero-order chi connectivity index (χ0) is 22.1. The Morgan fingerprint density at radius 2 is 1.87 bits per heavy atom. The van der Waals surface area contributed by atoms with Crippen LogP contribution >= 0.6 is 0 Å². The van der Waals surface area contributed by atoms with E-state index in [2.05, 4.69) is 15.5 Å². The van der Waals surface area contributed by atoms with E-state index in [9.17, 15) is 4.79 Å². The Morgan fingerprint density at radius 3 is 2.43 bits per heavy atom. The standard InChI is InChI=1S/C20H23N5O2.CH2O2/c1-14-6-5-7-15(10-14)19(24(2)3)20(26)23-17-11-16(8-9-18(17)27-4)25-12-21-22-13-25;2-1-3/h5-13,19H,1-4H3,(H,23,26);1H,(H,2,3). The summed E-state index contributed by atoms with van der Waals surface area (Å²) >= 11 is 0. The molecule has 1 amide bonds. The molecule has 0 bridgehead atoms. The van der Waals surface area contributed by atoms with E-state index in [1.807, 2.05) is 68.4 Å². The van der Waals surface area contributed by atoms with Gasteiger partial charge in [0.05, 0.1) is 18.5 Å². The van der Waals surface area contributed by atoms with E-state index in [0.29, 0.717) is 11.4 Å². The summed E-state index contributed by atoms with van der Waals surface area (Å²) in [6.07, 6.45) is 3.20. The predicted octanol–water partition coefficient (Wildman–Crippen LogP) is 2.53. The molecule has 9 heteroatoms. The quantitative estimate of drug-likeness (QED) is 0.600. The molecule has 0 radical (unpaired) electrons. The van der Waals surface area contributed by atoms with E-state index >= 15 is 0 Å². The molecule has 3 aromatic rings. The van der Waals surface area contributed by atoms with Crippen molar-refractivity contribution in [3.8, 4) is 11.4 Å². The van der Waals surface area contributed by atoms with Gasteiger partial charge in [0.25, 0.3) is 6.47 Å². The molecule has 1 atom stereocenters. The molecule has 0 saturated carbocycles. The van der Waals surface area contributed by atoms with Gasteiger partial charge in [-0.25, -0.2) is 0 Å². The van der Waals surface area contributed by atoms with Gasteiger partial charge in [-0.15, -0.1) is 10.2 Å². The topological polar surface area (TPSA) is 110 Å². The molecule has 1 aromatic heterocycles. The lowest BCUT2D eigenvalue weighted by atomic mass is 10.0. The van der Waals surface area contributed by atoms with Gasteiger partial charge in [0.2, 0.25) is 5.91 Å². The van der Waals surface area contributed by atoms with Gasteiger partial charge < -0.3 is 15.2 Å². The molecule has 0 saturated heterocycles. The molecule has 2 aromatic carbocycles. The normalized spacial score (nSPS) is 11.2. The van der Waals surface area contributed by atoms with E-state index in [4.69, 9.17) is 14.6 Å². The molecule has 1 unspecified atom stereocenters. The third kappa shape index (κ3) is 5.65. The van der Waals surface area contributed by atoms with Crippen LogP contribution in [0.3, 0.4) is 0 Å². The Hall–Kier alpha value is -3.72. The number of hydrogen-bond donors (Lipinski definition) is 2. The number of rotatable bonds is 6. The molecule has 9 nitrogen and oxygen atoms in total. The molecule has 0 fully saturated rings. The van der Waals surface area contributed by atoms with E-state index in [1.54, 1.807) is 24.3 Å². The number of carboxylic acid groups (broad SMARTS) is 1. The number of aryl methyl sites for hydroxylation is 1. The molecule has 0 aliphatic rings. The molecule has 3 rings (SSSR count). The highest BCUT2D eigenvalue weighted by molar-refractivity contribution is 5.97. The maximum Gasteiger partial charge on any atom is 0.290 e. The van der Waals surface area contributed by atoms with Gasteiger partial charge >= 0.3 is 0 Å². The number of carbonyl (C=O) groups is 2. The van der Waals surface area contributed by atoms with Crippen molar-refractivity contribution < 1.29 is 19.4 Å². The highest BCUT2D eigenvalue weighted by atomic mass is 16.5. The van der Waals surface area contributed by atoms with Crippen LogP contribution < -0.4 is 10.1 Å². The molecular weight excluding hydrogens is 386 g/mol. The molecule has 1 heterocycles. The van der Waals surface area contributed by atoms with E-state index in [1.165, 1.54) is 0 Å². The summed E-state index contributed by atoms with van der Waals surface area (Å²) in [6, 6.07) is 13.1. The number of nitrogens with one attached hydrogen (secondary N) is 1. The number of nitrogens with zero attached hydrogens (tertiary/aromatic N) is 4. The van der Waals surface area contributed by atoms with Crippen molar-refractivity contribution in [1.29, 1.82) is 0 Å². The number of anilines is 1. The van der Waals surface area contributed by atoms with Crippen molar-refractivity contribution in [2.75, 3.05) is 26.5 Å². The summed E-state index contributed by atoms with van der Waals surface area (Å²) in [7, 11) is 5.35. The van der Waals surface area contributed by atoms with Gasteiger partial charge in [-0.2, -0.15) is 0 Å². The number of amides is 1. The Labute approximate surface area is 174 Å². The second kappa shape index (κ2) is 10.7. The lowest BCUT2D eigenvalue weighted by Crippen LogP contribution is -2.32. The van der Waals surface area contributed by atoms with Crippen molar-refractivity contribution in [2.45, 2.75) is 13.0 Å². The molecular formula is C21H25N5O4. The molecule has 158 valence electrons. The van der Waals surface area contributed by atoms with Crippen LogP contribution in [0.25, 0.3) is 5.69 Å². The molecule has 30 heavy (non-hydrogen) atoms. The van der Waals surface area contributed by atoms with E-state index in [0.717, 1.165) is 16.8 Å². The minimum Gasteiger partial charge on any atom is -0.495 e. The van der Waals surface area contributed by atoms with Gasteiger partial charge in [0.1, 0.15) is 24.4 Å². The first-order chi connectivity index (χ1) is 14.4. The average molecular weight is 411 g/mol. The lowest BCUT2D eigenvalue weighted by molar-refractivity contribution is -0.123. The van der Waals surface area contributed by atoms with Crippen LogP contribution in [0.1, 0.15) is 17.2 Å². The van der Waals surface area contributed by atoms with Gasteiger partial charge in [-0.05, 0) is 44.8 Å². The summed E-state index contributed by atoms with van der Waals surface area (Å²) in [5.74, 6) is 0.451. The lowest BCUT2D eigenvalue weighted by Gasteiger charge is -2.24. The SMILES string of the molecule is COc1ccc(-n2cnnc2)cc1NC(=O)C(c1cccc(C)c1)N(C)C.O=CO. The first kappa shape index (κ1) is 22.6. The number of benzene rings is 2. The van der Waals surface area contributed by atoms with Crippen molar-refractivity contribution in [3.63, 3.8) is 0 Å². The second-order valence-corrected chi connectivity index (χ2v) is 6.63. The highest BCUT2D eigenvalue weighted by Gasteiger charge is 2.24. The van der Waals surface area contributed by atoms with Crippen LogP contribution in [-0.2, 0) is 9.59 Å². The van der Waals surface area contributed by atoms with Crippen molar-refractivity contribution in [1.82, 2.24) is 19.7 Å². The number of hydrogen-bond acceptors (Lipinski definition) is 6. The molecule has 0 spiro atoms. The van der Waals surface area contributed by atoms with Crippen LogP contribution in [0.4, 0.5) is 5.69 Å². The van der Waals surface area contributed by atoms with Crippen molar-refractivity contribution in [2.24, 2.45) is 0 Å². The number of likely N-dealkylation sites (N-methyl/N-ethyl adjacent to an activating group) is 1. The summed E-state index contributed by atoms with van der Waals surface area (Å²) < 4.78 is 7.18. The Bertz CT molecular complexity index is 973. The van der Waals surface area contributed by atoms with Gasteiger partial charge in [0.15, 0.2) is 0 Å². The van der Waals surface area contributed by atoms with Crippen LogP contribution in [-0.4, -0.2) is 58.4 Å². The smallest absolute Gasteiger partial charge is 0.290 e. The minimum atomic E-state index is -0.423. The summed E-state index contributed by atoms with van der Waals surface area (Å²) in [4.78, 5) is 23.3. The Morgan fingerprint density at radius 1 is 1.20 bits per heavy atom. The number of methoxy groups -OCH3 is 1. The van der Waals surface area contributed by atoms with Crippen LogP contribution in [0.5, 0.6) is 5.75 Å². The first-order valence-corrected chi connectivity index (χ1v) is 9.06. The van der Waals surface area contributed by atoms with Gasteiger partial charge in [-0.1, -0.05) is 29.8 Å². The fraction of sp³-hybridized carbons (Fsp3) is 0.238. The maximum atomic E-state index is 13.1. The fourth-order valence-electron chi connectivity index (χ4n) is 3.01. The highest BCUT2D eigenvalue weighted by Crippen LogP contribution is 2.29. The molecule has 0 aliphatic carbocycles. The van der Waals surface area contributed by atoms with Crippen LogP contribution in [0, 0.1) is 6.92 Å². The van der Waals surface area contributed by atoms with Crippen molar-refractivity contribution >= 4 is 18.1 Å². The summed E-state index contributed by atoms with van der Waals surface area (Å²) in [5.41, 5.74) is 3.46. The predicted molar refractivity (Wildman–Crippen MR) is 113 cm³/mol. The monoisotopic (exact) mass is 411 g/mol. The maximum absolute atomic E-state index is 13.1. The Balaban J connectivity index is 0.00000101. The fourth-order valence-corrected chi connectivity index (χ4v) is 3.01. The molecule has 0 aliphatic heterocycles. The zero-order valence-corrected chi connectivity index (χ0v) is 17.3. The third-order valence-corrected chi connectivity index (χ3v) is 4.28. The van der Waals surface area contributed by atoms with Gasteiger partial charge in [-0.3, -0.25) is 19.1 Å². The Kier molecular flexibility index (Phi) is 8.07. The average Bonchev–Trinajstić information content (AvgIpc) is 3.23. The first-order valence-electron chi connectivity index (χ1n) is 9.06. The number of ether oxygens (including phenoxy) is 1. The van der Waals surface area contributed by atoms with E-state index in [-0.39, 0.29) is 12.4 Å². The van der Waals surface area contributed by atoms with Crippen LogP contribution in [0.15, 0.2) is 55.1 Å². The number of carbonyl (C=O) groups excluding carboxylic acids is 1. The van der Waals surface area contributed by atoms with E-state index < -0.39 is 6.04 Å². The zero-order valence-electron chi connectivity index (χ0n) is 17.3. The summed E-state index contributed by atoms with van der Waals surface area (Å²) in [6.45, 7) is 1.76. The van der Waals surface area contributed by atoms with Gasteiger partial charge in [0, 0.05) is 0 Å². The van der Waals surface area contributed by atoms with Crippen molar-refractivity contribution in [3.05, 3.63) is 66.2 Å². The van der Waals surface area contributed by atoms with Crippen LogP contribution in [0.2, 0.25) is 0 Å². The largest absolute Gasteiger partial charge is 0.495 e.